The molecule has 0 bridgehead atoms. The van der Waals surface area contributed by atoms with Crippen molar-refractivity contribution in [3.05, 3.63) is 94.8 Å². The van der Waals surface area contributed by atoms with Crippen molar-refractivity contribution in [3.8, 4) is 22.6 Å². The van der Waals surface area contributed by atoms with Gasteiger partial charge in [-0.3, -0.25) is 0 Å². The summed E-state index contributed by atoms with van der Waals surface area (Å²) in [6.07, 6.45) is 0. The van der Waals surface area contributed by atoms with Gasteiger partial charge in [0, 0.05) is 11.9 Å². The molecule has 2 aromatic heterocycles. The van der Waals surface area contributed by atoms with Crippen molar-refractivity contribution in [2.24, 2.45) is 0 Å². The Hall–Kier alpha value is -3.77. The summed E-state index contributed by atoms with van der Waals surface area (Å²) in [5.74, 6) is -0.0785. The number of hydrogen-bond acceptors (Lipinski definition) is 4. The molecule has 0 saturated heterocycles. The average Bonchev–Trinajstić information content (AvgIpc) is 3.43. The Kier molecular flexibility index (Phi) is 4.61. The number of imidazole rings is 1. The molecule has 0 fully saturated rings. The van der Waals surface area contributed by atoms with Gasteiger partial charge in [-0.2, -0.15) is 0 Å². The summed E-state index contributed by atoms with van der Waals surface area (Å²) in [5, 5.41) is 11.5. The molecule has 0 radical (unpaired) electrons. The smallest absolute Gasteiger partial charge is 0.336 e. The van der Waals surface area contributed by atoms with Crippen LogP contribution in [0.4, 0.5) is 0 Å². The number of hydrogen-bond donors (Lipinski definition) is 1. The molecule has 0 spiro atoms. The first-order valence-corrected chi connectivity index (χ1v) is 10.4. The highest BCUT2D eigenvalue weighted by atomic mass is 32.1. The molecule has 2 heterocycles. The Morgan fingerprint density at radius 1 is 0.967 bits per heavy atom. The number of benzene rings is 3. The van der Waals surface area contributed by atoms with E-state index < -0.39 is 5.97 Å². The largest absolute Gasteiger partial charge is 0.478 e. The monoisotopic (exact) mass is 411 g/mol. The molecule has 0 atom stereocenters. The third-order valence-corrected chi connectivity index (χ3v) is 5.67. The molecule has 0 unspecified atom stereocenters. The van der Waals surface area contributed by atoms with E-state index >= 15 is 0 Å². The Morgan fingerprint density at radius 2 is 1.73 bits per heavy atom. The fourth-order valence-corrected chi connectivity index (χ4v) is 4.18. The Balaban J connectivity index is 1.53. The van der Waals surface area contributed by atoms with E-state index in [0.717, 1.165) is 33.7 Å². The van der Waals surface area contributed by atoms with Crippen molar-refractivity contribution in [3.63, 3.8) is 0 Å². The zero-order valence-corrected chi connectivity index (χ0v) is 16.7. The maximum atomic E-state index is 11.5. The Morgan fingerprint density at radius 3 is 2.50 bits per heavy atom. The standard InChI is InChI=1S/C24H17N3O2S/c28-24(29)19-6-2-1-5-18(19)17-11-9-16(10-12-17)13-27-22-8-4-3-7-20(22)26-23(27)21-14-30-15-25-21/h1-12,14-15H,13H2,(H,28,29). The molecule has 0 aliphatic heterocycles. The summed E-state index contributed by atoms with van der Waals surface area (Å²) in [5.41, 5.74) is 7.67. The molecule has 5 nitrogen and oxygen atoms in total. The lowest BCUT2D eigenvalue weighted by Gasteiger charge is -2.10. The lowest BCUT2D eigenvalue weighted by atomic mass is 9.99. The summed E-state index contributed by atoms with van der Waals surface area (Å²) < 4.78 is 2.17. The fraction of sp³-hybridized carbons (Fsp3) is 0.0417. The summed E-state index contributed by atoms with van der Waals surface area (Å²) in [7, 11) is 0. The zero-order valence-electron chi connectivity index (χ0n) is 15.9. The molecule has 0 aliphatic carbocycles. The minimum Gasteiger partial charge on any atom is -0.478 e. The van der Waals surface area contributed by atoms with Crippen molar-refractivity contribution in [1.29, 1.82) is 0 Å². The van der Waals surface area contributed by atoms with Crippen molar-refractivity contribution < 1.29 is 9.90 Å². The van der Waals surface area contributed by atoms with Crippen LogP contribution in [0, 0.1) is 0 Å². The van der Waals surface area contributed by atoms with E-state index in [0.29, 0.717) is 17.7 Å². The van der Waals surface area contributed by atoms with Crippen molar-refractivity contribution in [2.75, 3.05) is 0 Å². The molecular formula is C24H17N3O2S. The van der Waals surface area contributed by atoms with Gasteiger partial charge >= 0.3 is 5.97 Å². The SMILES string of the molecule is O=C(O)c1ccccc1-c1ccc(Cn2c(-c3cscn3)nc3ccccc32)cc1. The predicted octanol–water partition coefficient (Wildman–Crippen LogP) is 5.57. The van der Waals surface area contributed by atoms with Gasteiger partial charge in [0.1, 0.15) is 5.69 Å². The van der Waals surface area contributed by atoms with Crippen LogP contribution < -0.4 is 0 Å². The number of aromatic carboxylic acids is 1. The van der Waals surface area contributed by atoms with Crippen LogP contribution in [-0.2, 0) is 6.54 Å². The number of para-hydroxylation sites is 2. The topological polar surface area (TPSA) is 68.0 Å². The normalized spacial score (nSPS) is 11.1. The fourth-order valence-electron chi connectivity index (χ4n) is 3.65. The molecule has 3 aromatic carbocycles. The van der Waals surface area contributed by atoms with Crippen LogP contribution in [0.2, 0.25) is 0 Å². The van der Waals surface area contributed by atoms with E-state index in [9.17, 15) is 9.90 Å². The second-order valence-corrected chi connectivity index (χ2v) is 7.65. The Bertz CT molecular complexity index is 1340. The van der Waals surface area contributed by atoms with Crippen LogP contribution in [0.25, 0.3) is 33.7 Å². The second kappa shape index (κ2) is 7.57. The van der Waals surface area contributed by atoms with Gasteiger partial charge < -0.3 is 9.67 Å². The van der Waals surface area contributed by atoms with E-state index in [1.54, 1.807) is 23.5 Å². The summed E-state index contributed by atoms with van der Waals surface area (Å²) in [6.45, 7) is 0.647. The van der Waals surface area contributed by atoms with Crippen LogP contribution in [-0.4, -0.2) is 25.6 Å². The molecule has 5 aromatic rings. The van der Waals surface area contributed by atoms with Crippen LogP contribution in [0.3, 0.4) is 0 Å². The summed E-state index contributed by atoms with van der Waals surface area (Å²) >= 11 is 1.55. The molecule has 30 heavy (non-hydrogen) atoms. The third kappa shape index (κ3) is 3.27. The van der Waals surface area contributed by atoms with E-state index in [1.807, 2.05) is 65.5 Å². The highest BCUT2D eigenvalue weighted by Gasteiger charge is 2.15. The molecule has 0 saturated carbocycles. The number of carbonyl (C=O) groups is 1. The highest BCUT2D eigenvalue weighted by Crippen LogP contribution is 2.27. The number of carboxylic acid groups (broad SMARTS) is 1. The van der Waals surface area contributed by atoms with E-state index in [2.05, 4.69) is 15.6 Å². The zero-order chi connectivity index (χ0) is 20.5. The van der Waals surface area contributed by atoms with Crippen LogP contribution >= 0.6 is 11.3 Å². The molecule has 6 heteroatoms. The van der Waals surface area contributed by atoms with Gasteiger partial charge in [0.25, 0.3) is 0 Å². The second-order valence-electron chi connectivity index (χ2n) is 6.93. The molecule has 1 N–H and O–H groups in total. The minimum atomic E-state index is -0.924. The predicted molar refractivity (Wildman–Crippen MR) is 119 cm³/mol. The number of carboxylic acids is 1. The number of thiazole rings is 1. The molecular weight excluding hydrogens is 394 g/mol. The van der Waals surface area contributed by atoms with Crippen molar-refractivity contribution >= 4 is 28.3 Å². The first kappa shape index (κ1) is 18.3. The van der Waals surface area contributed by atoms with Gasteiger partial charge in [0.2, 0.25) is 0 Å². The number of aromatic nitrogens is 3. The summed E-state index contributed by atoms with van der Waals surface area (Å²) in [6, 6.07) is 23.1. The van der Waals surface area contributed by atoms with Gasteiger partial charge in [0.05, 0.1) is 22.1 Å². The average molecular weight is 411 g/mol. The van der Waals surface area contributed by atoms with E-state index in [-0.39, 0.29) is 0 Å². The maximum absolute atomic E-state index is 11.5. The lowest BCUT2D eigenvalue weighted by molar-refractivity contribution is 0.0697. The van der Waals surface area contributed by atoms with Gasteiger partial charge in [0.15, 0.2) is 5.82 Å². The van der Waals surface area contributed by atoms with Gasteiger partial charge in [-0.1, -0.05) is 54.6 Å². The van der Waals surface area contributed by atoms with Crippen molar-refractivity contribution in [2.45, 2.75) is 6.54 Å². The molecule has 0 aliphatic rings. The quantitative estimate of drug-likeness (QED) is 0.410. The summed E-state index contributed by atoms with van der Waals surface area (Å²) in [4.78, 5) is 20.8. The number of nitrogens with zero attached hydrogens (tertiary/aromatic N) is 3. The van der Waals surface area contributed by atoms with E-state index in [1.165, 1.54) is 0 Å². The lowest BCUT2D eigenvalue weighted by Crippen LogP contribution is -2.03. The highest BCUT2D eigenvalue weighted by molar-refractivity contribution is 7.07. The van der Waals surface area contributed by atoms with Gasteiger partial charge in [-0.15, -0.1) is 11.3 Å². The van der Waals surface area contributed by atoms with E-state index in [4.69, 9.17) is 4.98 Å². The maximum Gasteiger partial charge on any atom is 0.336 e. The van der Waals surface area contributed by atoms with Gasteiger partial charge in [-0.05, 0) is 34.9 Å². The number of rotatable bonds is 5. The first-order valence-electron chi connectivity index (χ1n) is 9.46. The molecule has 146 valence electrons. The van der Waals surface area contributed by atoms with Crippen LogP contribution in [0.1, 0.15) is 15.9 Å². The van der Waals surface area contributed by atoms with Gasteiger partial charge in [-0.25, -0.2) is 14.8 Å². The number of fused-ring (bicyclic) bond motifs is 1. The Labute approximate surface area is 176 Å². The molecule has 0 amide bonds. The van der Waals surface area contributed by atoms with Crippen LogP contribution in [0.5, 0.6) is 0 Å². The third-order valence-electron chi connectivity index (χ3n) is 5.08. The van der Waals surface area contributed by atoms with Crippen molar-refractivity contribution in [1.82, 2.24) is 14.5 Å². The minimum absolute atomic E-state index is 0.302. The first-order chi connectivity index (χ1) is 14.7. The molecule has 5 rings (SSSR count). The van der Waals surface area contributed by atoms with Crippen LogP contribution in [0.15, 0.2) is 83.7 Å².